The quantitative estimate of drug-likeness (QED) is 0.277. The second kappa shape index (κ2) is 7.01. The van der Waals surface area contributed by atoms with Crippen molar-refractivity contribution in [3.05, 3.63) is 0 Å². The first-order valence-electron chi connectivity index (χ1n) is 6.15. The largest absolute Gasteiger partial charge is 0.524 e. The van der Waals surface area contributed by atoms with Gasteiger partial charge < -0.3 is 18.9 Å². The van der Waals surface area contributed by atoms with Crippen molar-refractivity contribution in [2.24, 2.45) is 0 Å². The van der Waals surface area contributed by atoms with Crippen molar-refractivity contribution in [2.75, 3.05) is 0 Å². The molecule has 0 N–H and O–H groups in total. The van der Waals surface area contributed by atoms with Gasteiger partial charge in [-0.15, -0.1) is 0 Å². The fourth-order valence-electron chi connectivity index (χ4n) is 0.895. The van der Waals surface area contributed by atoms with Crippen molar-refractivity contribution in [2.45, 2.75) is 52.7 Å². The minimum absolute atomic E-state index is 0.980. The lowest BCUT2D eigenvalue weighted by Crippen LogP contribution is -2.34. The molecule has 0 aromatic rings. The molecule has 0 radical (unpaired) electrons. The van der Waals surface area contributed by atoms with E-state index in [0.717, 1.165) is 0 Å². The van der Waals surface area contributed by atoms with Crippen molar-refractivity contribution in [1.82, 2.24) is 0 Å². The molecule has 0 amide bonds. The molecule has 0 aliphatic carbocycles. The van der Waals surface area contributed by atoms with Crippen LogP contribution in [-0.4, -0.2) is 41.2 Å². The first-order valence-corrected chi connectivity index (χ1v) is 6.15. The van der Waals surface area contributed by atoms with Crippen molar-refractivity contribution in [3.8, 4) is 0 Å². The molecule has 0 aliphatic heterocycles. The number of rotatable bonds is 0. The van der Waals surface area contributed by atoms with Crippen LogP contribution < -0.4 is 0 Å². The molecule has 0 saturated heterocycles. The third kappa shape index (κ3) is 8.67. The van der Waals surface area contributed by atoms with E-state index in [-0.39, 0.29) is 0 Å². The first-order chi connectivity index (χ1) is 9.71. The van der Waals surface area contributed by atoms with Gasteiger partial charge in [-0.05, 0) is 41.5 Å². The van der Waals surface area contributed by atoms with Crippen LogP contribution >= 0.6 is 0 Å². The minimum atomic E-state index is -1.84. The number of ether oxygens (including phenoxy) is 4. The maximum atomic E-state index is 11.2. The molecule has 0 aromatic heterocycles. The number of esters is 4. The zero-order chi connectivity index (χ0) is 17.7. The fraction of sp³-hybridized carbons (Fsp3) is 0.615. The van der Waals surface area contributed by atoms with Gasteiger partial charge in [-0.25, -0.2) is 24.0 Å². The summed E-state index contributed by atoms with van der Waals surface area (Å²) < 4.78 is 17.1. The monoisotopic (exact) mass is 318 g/mol. The maximum absolute atomic E-state index is 11.2. The second-order valence-electron chi connectivity index (χ2n) is 6.03. The average molecular weight is 318 g/mol. The van der Waals surface area contributed by atoms with E-state index >= 15 is 0 Å². The van der Waals surface area contributed by atoms with Gasteiger partial charge in [0.2, 0.25) is 0 Å². The van der Waals surface area contributed by atoms with Crippen LogP contribution in [0.5, 0.6) is 0 Å². The Morgan fingerprint density at radius 1 is 0.545 bits per heavy atom. The van der Waals surface area contributed by atoms with Gasteiger partial charge in [-0.2, -0.15) is 0 Å². The predicted octanol–water partition coefficient (Wildman–Crippen LogP) is 0.876. The molecule has 0 atom stereocenters. The molecule has 0 rings (SSSR count). The normalized spacial score (nSPS) is 11.2. The Morgan fingerprint density at radius 3 is 1.05 bits per heavy atom. The van der Waals surface area contributed by atoms with Crippen LogP contribution in [0.3, 0.4) is 0 Å². The summed E-state index contributed by atoms with van der Waals surface area (Å²) >= 11 is 0. The minimum Gasteiger partial charge on any atom is -0.452 e. The van der Waals surface area contributed by atoms with Gasteiger partial charge in [0, 0.05) is 0 Å². The molecular weight excluding hydrogens is 300 g/mol. The SMILES string of the molecule is CC(C)(C)OC(=O)C(=O)OC(=O)OC(=O)C(=O)OC(C)(C)C. The van der Waals surface area contributed by atoms with Gasteiger partial charge in [-0.1, -0.05) is 0 Å². The molecule has 0 fully saturated rings. The molecule has 9 heteroatoms. The number of hydrogen-bond acceptors (Lipinski definition) is 9. The standard InChI is InChI=1S/C13H18O9/c1-12(2,3)21-9(16)7(14)19-11(18)20-8(15)10(17)22-13(4,5)6/h1-6H3. The van der Waals surface area contributed by atoms with Crippen LogP contribution in [0.15, 0.2) is 0 Å². The lowest BCUT2D eigenvalue weighted by atomic mass is 10.2. The summed E-state index contributed by atoms with van der Waals surface area (Å²) in [6.45, 7) is 8.93. The highest BCUT2D eigenvalue weighted by Gasteiger charge is 2.31. The van der Waals surface area contributed by atoms with E-state index in [4.69, 9.17) is 0 Å². The summed E-state index contributed by atoms with van der Waals surface area (Å²) in [5, 5.41) is 0. The zero-order valence-electron chi connectivity index (χ0n) is 13.2. The van der Waals surface area contributed by atoms with E-state index in [1.165, 1.54) is 41.5 Å². The average Bonchev–Trinajstić information content (AvgIpc) is 2.23. The van der Waals surface area contributed by atoms with E-state index in [2.05, 4.69) is 18.9 Å². The van der Waals surface area contributed by atoms with E-state index in [1.807, 2.05) is 0 Å². The van der Waals surface area contributed by atoms with Crippen LogP contribution in [0.2, 0.25) is 0 Å². The summed E-state index contributed by atoms with van der Waals surface area (Å²) in [5.41, 5.74) is -1.96. The van der Waals surface area contributed by atoms with Crippen molar-refractivity contribution in [1.29, 1.82) is 0 Å². The Bertz CT molecular complexity index is 447. The van der Waals surface area contributed by atoms with Crippen molar-refractivity contribution >= 4 is 30.0 Å². The van der Waals surface area contributed by atoms with Crippen LogP contribution in [0, 0.1) is 0 Å². The molecular formula is C13H18O9. The first kappa shape index (κ1) is 19.6. The molecule has 9 nitrogen and oxygen atoms in total. The highest BCUT2D eigenvalue weighted by molar-refractivity contribution is 6.33. The zero-order valence-corrected chi connectivity index (χ0v) is 13.2. The Hall–Kier alpha value is -2.45. The van der Waals surface area contributed by atoms with Crippen LogP contribution in [0.1, 0.15) is 41.5 Å². The third-order valence-corrected chi connectivity index (χ3v) is 1.48. The Balaban J connectivity index is 4.45. The maximum Gasteiger partial charge on any atom is 0.524 e. The molecule has 0 heterocycles. The molecule has 0 spiro atoms. The molecule has 0 unspecified atom stereocenters. The molecule has 0 aromatic carbocycles. The van der Waals surface area contributed by atoms with Crippen molar-refractivity contribution < 1.29 is 42.9 Å². The van der Waals surface area contributed by atoms with Gasteiger partial charge in [0.25, 0.3) is 0 Å². The van der Waals surface area contributed by atoms with Gasteiger partial charge in [-0.3, -0.25) is 0 Å². The third-order valence-electron chi connectivity index (χ3n) is 1.48. The van der Waals surface area contributed by atoms with Gasteiger partial charge in [0.1, 0.15) is 11.2 Å². The number of carbonyl (C=O) groups excluding carboxylic acids is 5. The van der Waals surface area contributed by atoms with E-state index in [1.54, 1.807) is 0 Å². The second-order valence-corrected chi connectivity index (χ2v) is 6.03. The van der Waals surface area contributed by atoms with Crippen LogP contribution in [0.25, 0.3) is 0 Å². The molecule has 0 aliphatic rings. The topological polar surface area (TPSA) is 122 Å². The summed E-state index contributed by atoms with van der Waals surface area (Å²) in [6, 6.07) is 0. The molecule has 0 bridgehead atoms. The number of carbonyl (C=O) groups is 5. The van der Waals surface area contributed by atoms with Gasteiger partial charge in [0.05, 0.1) is 0 Å². The van der Waals surface area contributed by atoms with Crippen LogP contribution in [0.4, 0.5) is 4.79 Å². The Morgan fingerprint density at radius 2 is 0.818 bits per heavy atom. The molecule has 0 saturated carbocycles. The predicted molar refractivity (Wildman–Crippen MR) is 69.3 cm³/mol. The number of hydrogen-bond donors (Lipinski definition) is 0. The Kier molecular flexibility index (Phi) is 6.23. The lowest BCUT2D eigenvalue weighted by molar-refractivity contribution is -0.176. The van der Waals surface area contributed by atoms with Crippen molar-refractivity contribution in [3.63, 3.8) is 0 Å². The lowest BCUT2D eigenvalue weighted by Gasteiger charge is -2.18. The van der Waals surface area contributed by atoms with E-state index in [9.17, 15) is 24.0 Å². The van der Waals surface area contributed by atoms with Gasteiger partial charge >= 0.3 is 30.0 Å². The van der Waals surface area contributed by atoms with E-state index in [0.29, 0.717) is 0 Å². The fourth-order valence-corrected chi connectivity index (χ4v) is 0.895. The Labute approximate surface area is 126 Å². The van der Waals surface area contributed by atoms with E-state index < -0.39 is 41.2 Å². The van der Waals surface area contributed by atoms with Crippen LogP contribution in [-0.2, 0) is 38.1 Å². The van der Waals surface area contributed by atoms with Gasteiger partial charge in [0.15, 0.2) is 0 Å². The summed E-state index contributed by atoms with van der Waals surface area (Å²) in [4.78, 5) is 55.9. The smallest absolute Gasteiger partial charge is 0.452 e. The highest BCUT2D eigenvalue weighted by Crippen LogP contribution is 2.09. The summed E-state index contributed by atoms with van der Waals surface area (Å²) in [6.07, 6.45) is -1.84. The summed E-state index contributed by atoms with van der Waals surface area (Å²) in [5.74, 6) is -6.27. The highest BCUT2D eigenvalue weighted by atomic mass is 16.8. The molecule has 124 valence electrons. The molecule has 22 heavy (non-hydrogen) atoms. The summed E-state index contributed by atoms with van der Waals surface area (Å²) in [7, 11) is 0.